The summed E-state index contributed by atoms with van der Waals surface area (Å²) in [6.07, 6.45) is 12.7. The van der Waals surface area contributed by atoms with E-state index in [1.165, 1.54) is 38.5 Å². The third kappa shape index (κ3) is 2.78. The minimum atomic E-state index is -0.304. The molecule has 9 atom stereocenters. The summed E-state index contributed by atoms with van der Waals surface area (Å²) in [6, 6.07) is 0. The maximum atomic E-state index is 11.9. The predicted octanol–water partition coefficient (Wildman–Crippen LogP) is 7.14. The van der Waals surface area contributed by atoms with Crippen LogP contribution in [0.25, 0.3) is 0 Å². The number of allylic oxidation sites excluding steroid dienone is 1. The van der Waals surface area contributed by atoms with Gasteiger partial charge in [0.1, 0.15) is 0 Å². The molecule has 0 spiro atoms. The Morgan fingerprint density at radius 3 is 2.12 bits per heavy atom. The highest BCUT2D eigenvalue weighted by molar-refractivity contribution is 5.36. The molecule has 0 bridgehead atoms. The van der Waals surface area contributed by atoms with Gasteiger partial charge in [-0.25, -0.2) is 0 Å². The van der Waals surface area contributed by atoms with E-state index in [9.17, 15) is 10.2 Å². The molecule has 2 nitrogen and oxygen atoms in total. The monoisotopic (exact) mass is 442 g/mol. The Morgan fingerprint density at radius 2 is 1.44 bits per heavy atom. The van der Waals surface area contributed by atoms with Crippen LogP contribution in [0.4, 0.5) is 0 Å². The zero-order valence-electron chi connectivity index (χ0n) is 22.2. The Balaban J connectivity index is 1.60. The molecule has 2 heteroatoms. The van der Waals surface area contributed by atoms with Crippen molar-refractivity contribution in [1.29, 1.82) is 0 Å². The molecule has 0 aliphatic heterocycles. The molecule has 4 fully saturated rings. The maximum absolute atomic E-state index is 11.9. The number of hydrogen-bond acceptors (Lipinski definition) is 2. The fraction of sp³-hybridized carbons (Fsp3) is 0.933. The van der Waals surface area contributed by atoms with Gasteiger partial charge in [0.2, 0.25) is 0 Å². The highest BCUT2D eigenvalue weighted by Gasteiger charge is 2.69. The van der Waals surface area contributed by atoms with Gasteiger partial charge in [-0.1, -0.05) is 67.0 Å². The SMILES string of the molecule is CC1(C)CC[C@]2(C)CC=C3[C@]4(C)[C@H](O)C[C@H]5C(C)(C)[C@@H](O)CC[C@]5(C)[C@H]4CC[C@@]3(C)[C@@H]2C1. The Kier molecular flexibility index (Phi) is 4.87. The number of rotatable bonds is 0. The van der Waals surface area contributed by atoms with E-state index in [4.69, 9.17) is 0 Å². The fourth-order valence-electron chi connectivity index (χ4n) is 10.7. The van der Waals surface area contributed by atoms with Gasteiger partial charge in [0.25, 0.3) is 0 Å². The molecule has 0 amide bonds. The average molecular weight is 443 g/mol. The average Bonchev–Trinajstić information content (AvgIpc) is 2.69. The standard InChI is InChI=1S/C30H50O2/c1-25(2)15-16-27(5)12-9-19-29(7,22(27)18-25)13-10-20-28(6)14-11-23(31)26(3,4)21(28)17-24(32)30(19,20)8/h9,20-24,31-32H,10-18H2,1-8H3/t20-,21+,22-,23+,24-,27+,28-,29-,30+/m1/s1. The highest BCUT2D eigenvalue weighted by Crippen LogP contribution is 2.74. The third-order valence-corrected chi connectivity index (χ3v) is 12.8. The molecule has 0 radical (unpaired) electrons. The summed E-state index contributed by atoms with van der Waals surface area (Å²) < 4.78 is 0. The molecule has 32 heavy (non-hydrogen) atoms. The van der Waals surface area contributed by atoms with Crippen molar-refractivity contribution in [3.63, 3.8) is 0 Å². The summed E-state index contributed by atoms with van der Waals surface area (Å²) in [5.74, 6) is 1.62. The van der Waals surface area contributed by atoms with Gasteiger partial charge in [0, 0.05) is 5.41 Å². The van der Waals surface area contributed by atoms with Crippen LogP contribution in [0.5, 0.6) is 0 Å². The Hall–Kier alpha value is -0.340. The van der Waals surface area contributed by atoms with Crippen LogP contribution in [0.2, 0.25) is 0 Å². The summed E-state index contributed by atoms with van der Waals surface area (Å²) in [7, 11) is 0. The maximum Gasteiger partial charge on any atom is 0.0637 e. The predicted molar refractivity (Wildman–Crippen MR) is 132 cm³/mol. The number of fused-ring (bicyclic) bond motifs is 7. The normalized spacial score (nSPS) is 56.2. The molecule has 5 aliphatic carbocycles. The molecule has 0 aromatic carbocycles. The first kappa shape index (κ1) is 23.4. The van der Waals surface area contributed by atoms with E-state index >= 15 is 0 Å². The lowest BCUT2D eigenvalue weighted by molar-refractivity contribution is -0.218. The second-order valence-electron chi connectivity index (χ2n) is 15.4. The molecule has 4 saturated carbocycles. The quantitative estimate of drug-likeness (QED) is 0.391. The van der Waals surface area contributed by atoms with E-state index in [1.54, 1.807) is 5.57 Å². The molecule has 0 heterocycles. The van der Waals surface area contributed by atoms with Crippen molar-refractivity contribution in [1.82, 2.24) is 0 Å². The van der Waals surface area contributed by atoms with Crippen LogP contribution in [-0.4, -0.2) is 22.4 Å². The van der Waals surface area contributed by atoms with Gasteiger partial charge in [0.05, 0.1) is 12.2 Å². The molecular formula is C30H50O2. The van der Waals surface area contributed by atoms with Crippen LogP contribution in [0.1, 0.15) is 113 Å². The summed E-state index contributed by atoms with van der Waals surface area (Å²) >= 11 is 0. The van der Waals surface area contributed by atoms with Gasteiger partial charge < -0.3 is 10.2 Å². The number of aliphatic hydroxyl groups excluding tert-OH is 2. The van der Waals surface area contributed by atoms with Crippen LogP contribution in [0.3, 0.4) is 0 Å². The second kappa shape index (κ2) is 6.66. The van der Waals surface area contributed by atoms with E-state index in [2.05, 4.69) is 61.5 Å². The van der Waals surface area contributed by atoms with Crippen molar-refractivity contribution in [2.75, 3.05) is 0 Å². The molecule has 5 aliphatic rings. The van der Waals surface area contributed by atoms with Crippen molar-refractivity contribution in [3.8, 4) is 0 Å². The van der Waals surface area contributed by atoms with Crippen LogP contribution in [0, 0.1) is 50.2 Å². The highest BCUT2D eigenvalue weighted by atomic mass is 16.3. The molecule has 0 saturated heterocycles. The second-order valence-corrected chi connectivity index (χ2v) is 15.4. The van der Waals surface area contributed by atoms with E-state index in [0.29, 0.717) is 22.7 Å². The topological polar surface area (TPSA) is 40.5 Å². The van der Waals surface area contributed by atoms with Crippen molar-refractivity contribution in [3.05, 3.63) is 11.6 Å². The zero-order valence-corrected chi connectivity index (χ0v) is 22.2. The summed E-state index contributed by atoms with van der Waals surface area (Å²) in [5.41, 5.74) is 2.63. The fourth-order valence-corrected chi connectivity index (χ4v) is 10.7. The minimum Gasteiger partial charge on any atom is -0.393 e. The smallest absolute Gasteiger partial charge is 0.0637 e. The summed E-state index contributed by atoms with van der Waals surface area (Å²) in [5, 5.41) is 22.8. The van der Waals surface area contributed by atoms with Gasteiger partial charge in [-0.2, -0.15) is 0 Å². The van der Waals surface area contributed by atoms with Crippen molar-refractivity contribution < 1.29 is 10.2 Å². The molecule has 2 N–H and O–H groups in total. The van der Waals surface area contributed by atoms with E-state index in [0.717, 1.165) is 25.2 Å². The van der Waals surface area contributed by atoms with Crippen LogP contribution in [-0.2, 0) is 0 Å². The van der Waals surface area contributed by atoms with E-state index in [-0.39, 0.29) is 33.9 Å². The van der Waals surface area contributed by atoms with E-state index < -0.39 is 0 Å². The molecule has 182 valence electrons. The van der Waals surface area contributed by atoms with Crippen molar-refractivity contribution >= 4 is 0 Å². The lowest BCUT2D eigenvalue weighted by Gasteiger charge is -2.71. The van der Waals surface area contributed by atoms with Gasteiger partial charge in [-0.05, 0) is 103 Å². The van der Waals surface area contributed by atoms with E-state index in [1.807, 2.05) is 0 Å². The molecule has 0 unspecified atom stereocenters. The molecule has 0 aromatic heterocycles. The number of hydrogen-bond donors (Lipinski definition) is 2. The van der Waals surface area contributed by atoms with Gasteiger partial charge in [0.15, 0.2) is 0 Å². The Bertz CT molecular complexity index is 825. The van der Waals surface area contributed by atoms with Gasteiger partial charge in [-0.3, -0.25) is 0 Å². The van der Waals surface area contributed by atoms with Crippen LogP contribution < -0.4 is 0 Å². The first-order valence-electron chi connectivity index (χ1n) is 13.7. The summed E-state index contributed by atoms with van der Waals surface area (Å²) in [6.45, 7) is 19.6. The third-order valence-electron chi connectivity index (χ3n) is 12.8. The number of aliphatic hydroxyl groups is 2. The first-order valence-corrected chi connectivity index (χ1v) is 13.7. The van der Waals surface area contributed by atoms with Crippen molar-refractivity contribution in [2.45, 2.75) is 125 Å². The largest absolute Gasteiger partial charge is 0.393 e. The zero-order chi connectivity index (χ0) is 23.5. The Morgan fingerprint density at radius 1 is 0.750 bits per heavy atom. The Labute approximate surface area is 197 Å². The lowest BCUT2D eigenvalue weighted by Crippen LogP contribution is -2.67. The summed E-state index contributed by atoms with van der Waals surface area (Å²) in [4.78, 5) is 0. The van der Waals surface area contributed by atoms with Crippen LogP contribution >= 0.6 is 0 Å². The van der Waals surface area contributed by atoms with Gasteiger partial charge in [-0.15, -0.1) is 0 Å². The van der Waals surface area contributed by atoms with Gasteiger partial charge >= 0.3 is 0 Å². The molecule has 0 aromatic rings. The first-order chi connectivity index (χ1) is 14.6. The minimum absolute atomic E-state index is 0.122. The molecule has 5 rings (SSSR count). The van der Waals surface area contributed by atoms with Crippen LogP contribution in [0.15, 0.2) is 11.6 Å². The molecular weight excluding hydrogens is 392 g/mol. The van der Waals surface area contributed by atoms with Crippen molar-refractivity contribution in [2.24, 2.45) is 50.2 Å². The lowest BCUT2D eigenvalue weighted by atomic mass is 9.34.